The number of anilines is 2. The number of halogens is 3. The number of nitrogen functional groups attached to an aromatic ring is 1. The van der Waals surface area contributed by atoms with Gasteiger partial charge in [0.25, 0.3) is 5.91 Å². The maximum Gasteiger partial charge on any atom is 0.255 e. The number of aryl methyl sites for hydroxylation is 1. The summed E-state index contributed by atoms with van der Waals surface area (Å²) in [4.78, 5) is 12.2. The Morgan fingerprint density at radius 2 is 1.75 bits per heavy atom. The van der Waals surface area contributed by atoms with Gasteiger partial charge in [-0.3, -0.25) is 4.79 Å². The summed E-state index contributed by atoms with van der Waals surface area (Å²) >= 11 is 15.1. The first kappa shape index (κ1) is 15.2. The molecular weight excluding hydrogens is 363 g/mol. The quantitative estimate of drug-likeness (QED) is 0.735. The third kappa shape index (κ3) is 3.45. The van der Waals surface area contributed by atoms with Crippen LogP contribution in [0.5, 0.6) is 0 Å². The molecular formula is C14H11BrCl2N2O. The molecule has 3 nitrogen and oxygen atoms in total. The van der Waals surface area contributed by atoms with E-state index in [-0.39, 0.29) is 5.91 Å². The predicted molar refractivity (Wildman–Crippen MR) is 87.7 cm³/mol. The minimum absolute atomic E-state index is 0.313. The van der Waals surface area contributed by atoms with E-state index in [9.17, 15) is 4.79 Å². The highest BCUT2D eigenvalue weighted by Gasteiger charge is 2.12. The Labute approximate surface area is 135 Å². The number of hydrogen-bond acceptors (Lipinski definition) is 2. The van der Waals surface area contributed by atoms with Crippen LogP contribution in [0.25, 0.3) is 0 Å². The zero-order chi connectivity index (χ0) is 14.9. The highest BCUT2D eigenvalue weighted by Crippen LogP contribution is 2.28. The van der Waals surface area contributed by atoms with E-state index >= 15 is 0 Å². The fourth-order valence-corrected chi connectivity index (χ4v) is 2.93. The highest BCUT2D eigenvalue weighted by atomic mass is 79.9. The third-order valence-corrected chi connectivity index (χ3v) is 3.59. The van der Waals surface area contributed by atoms with Gasteiger partial charge >= 0.3 is 0 Å². The Morgan fingerprint density at radius 3 is 2.30 bits per heavy atom. The molecule has 0 radical (unpaired) electrons. The van der Waals surface area contributed by atoms with Gasteiger partial charge < -0.3 is 11.1 Å². The average Bonchev–Trinajstić information content (AvgIpc) is 2.32. The molecule has 104 valence electrons. The van der Waals surface area contributed by atoms with E-state index < -0.39 is 0 Å². The van der Waals surface area contributed by atoms with E-state index in [1.54, 1.807) is 24.3 Å². The molecule has 0 fully saturated rings. The van der Waals surface area contributed by atoms with Gasteiger partial charge in [0.15, 0.2) is 0 Å². The lowest BCUT2D eigenvalue weighted by atomic mass is 10.1. The topological polar surface area (TPSA) is 55.1 Å². The standard InChI is InChI=1S/C14H11BrCl2N2O/c1-7-2-9(15)5-12(18)13(7)19-14(20)8-3-10(16)6-11(17)4-8/h2-6H,18H2,1H3,(H,19,20). The van der Waals surface area contributed by atoms with Crippen LogP contribution in [-0.2, 0) is 0 Å². The molecule has 3 N–H and O–H groups in total. The van der Waals surface area contributed by atoms with Gasteiger partial charge in [0.2, 0.25) is 0 Å². The second-order valence-corrected chi connectivity index (χ2v) is 6.09. The Morgan fingerprint density at radius 1 is 1.15 bits per heavy atom. The van der Waals surface area contributed by atoms with Crippen molar-refractivity contribution >= 4 is 56.4 Å². The number of amides is 1. The molecule has 2 aromatic rings. The first-order valence-electron chi connectivity index (χ1n) is 5.70. The SMILES string of the molecule is Cc1cc(Br)cc(N)c1NC(=O)c1cc(Cl)cc(Cl)c1. The molecule has 0 aliphatic heterocycles. The smallest absolute Gasteiger partial charge is 0.255 e. The fraction of sp³-hybridized carbons (Fsp3) is 0.0714. The summed E-state index contributed by atoms with van der Waals surface area (Å²) in [7, 11) is 0. The van der Waals surface area contributed by atoms with Crippen molar-refractivity contribution in [1.29, 1.82) is 0 Å². The maximum absolute atomic E-state index is 12.2. The van der Waals surface area contributed by atoms with Crippen molar-refractivity contribution in [2.45, 2.75) is 6.92 Å². The van der Waals surface area contributed by atoms with Crippen molar-refractivity contribution in [2.75, 3.05) is 11.1 Å². The Balaban J connectivity index is 2.32. The Bertz CT molecular complexity index is 646. The molecule has 0 aliphatic rings. The van der Waals surface area contributed by atoms with Gasteiger partial charge in [-0.05, 0) is 42.8 Å². The maximum atomic E-state index is 12.2. The summed E-state index contributed by atoms with van der Waals surface area (Å²) in [6.07, 6.45) is 0. The van der Waals surface area contributed by atoms with Gasteiger partial charge in [-0.1, -0.05) is 39.1 Å². The van der Waals surface area contributed by atoms with E-state index in [2.05, 4.69) is 21.2 Å². The zero-order valence-corrected chi connectivity index (χ0v) is 13.6. The predicted octanol–water partition coefficient (Wildman–Crippen LogP) is 4.90. The second-order valence-electron chi connectivity index (χ2n) is 4.30. The molecule has 0 heterocycles. The van der Waals surface area contributed by atoms with E-state index in [1.807, 2.05) is 13.0 Å². The normalized spacial score (nSPS) is 10.4. The zero-order valence-electron chi connectivity index (χ0n) is 10.5. The second kappa shape index (κ2) is 6.04. The van der Waals surface area contributed by atoms with E-state index in [0.717, 1.165) is 10.0 Å². The number of nitrogens with one attached hydrogen (secondary N) is 1. The Hall–Kier alpha value is -1.23. The van der Waals surface area contributed by atoms with Crippen LogP contribution in [0.4, 0.5) is 11.4 Å². The van der Waals surface area contributed by atoms with Crippen molar-refractivity contribution in [3.05, 3.63) is 56.0 Å². The van der Waals surface area contributed by atoms with E-state index in [4.69, 9.17) is 28.9 Å². The minimum atomic E-state index is -0.313. The summed E-state index contributed by atoms with van der Waals surface area (Å²) in [6, 6.07) is 8.27. The molecule has 0 bridgehead atoms. The third-order valence-electron chi connectivity index (χ3n) is 2.69. The van der Waals surface area contributed by atoms with Crippen LogP contribution in [0.1, 0.15) is 15.9 Å². The molecule has 0 aromatic heterocycles. The summed E-state index contributed by atoms with van der Waals surface area (Å²) in [6.45, 7) is 1.86. The molecule has 0 saturated carbocycles. The molecule has 0 saturated heterocycles. The van der Waals surface area contributed by atoms with Crippen molar-refractivity contribution in [2.24, 2.45) is 0 Å². The molecule has 20 heavy (non-hydrogen) atoms. The van der Waals surface area contributed by atoms with Crippen LogP contribution in [-0.4, -0.2) is 5.91 Å². The van der Waals surface area contributed by atoms with Crippen molar-refractivity contribution in [3.63, 3.8) is 0 Å². The number of carbonyl (C=O) groups excluding carboxylic acids is 1. The lowest BCUT2D eigenvalue weighted by Crippen LogP contribution is -2.14. The fourth-order valence-electron chi connectivity index (χ4n) is 1.81. The lowest BCUT2D eigenvalue weighted by Gasteiger charge is -2.12. The van der Waals surface area contributed by atoms with Crippen molar-refractivity contribution in [3.8, 4) is 0 Å². The monoisotopic (exact) mass is 372 g/mol. The molecule has 0 unspecified atom stereocenters. The van der Waals surface area contributed by atoms with Crippen LogP contribution >= 0.6 is 39.1 Å². The average molecular weight is 374 g/mol. The van der Waals surface area contributed by atoms with E-state index in [0.29, 0.717) is 27.0 Å². The summed E-state index contributed by atoms with van der Waals surface area (Å²) in [5, 5.41) is 3.59. The molecule has 2 rings (SSSR count). The summed E-state index contributed by atoms with van der Waals surface area (Å²) in [5.41, 5.74) is 8.21. The van der Waals surface area contributed by atoms with Gasteiger partial charge in [-0.15, -0.1) is 0 Å². The van der Waals surface area contributed by atoms with Crippen LogP contribution in [0.15, 0.2) is 34.8 Å². The van der Waals surface area contributed by atoms with Crippen LogP contribution in [0.3, 0.4) is 0 Å². The number of hydrogen-bond donors (Lipinski definition) is 2. The largest absolute Gasteiger partial charge is 0.397 e. The highest BCUT2D eigenvalue weighted by molar-refractivity contribution is 9.10. The Kier molecular flexibility index (Phi) is 4.58. The number of benzene rings is 2. The number of carbonyl (C=O) groups is 1. The van der Waals surface area contributed by atoms with Gasteiger partial charge in [0, 0.05) is 20.1 Å². The van der Waals surface area contributed by atoms with Crippen molar-refractivity contribution < 1.29 is 4.79 Å². The van der Waals surface area contributed by atoms with Crippen LogP contribution < -0.4 is 11.1 Å². The van der Waals surface area contributed by atoms with Gasteiger partial charge in [-0.25, -0.2) is 0 Å². The minimum Gasteiger partial charge on any atom is -0.397 e. The number of nitrogens with two attached hydrogens (primary N) is 1. The summed E-state index contributed by atoms with van der Waals surface area (Å²) in [5.74, 6) is -0.313. The van der Waals surface area contributed by atoms with Crippen LogP contribution in [0.2, 0.25) is 10.0 Å². The number of rotatable bonds is 2. The molecule has 2 aromatic carbocycles. The summed E-state index contributed by atoms with van der Waals surface area (Å²) < 4.78 is 0.858. The van der Waals surface area contributed by atoms with Crippen molar-refractivity contribution in [1.82, 2.24) is 0 Å². The molecule has 0 atom stereocenters. The molecule has 1 amide bonds. The van der Waals surface area contributed by atoms with E-state index in [1.165, 1.54) is 0 Å². The lowest BCUT2D eigenvalue weighted by molar-refractivity contribution is 0.102. The molecule has 0 spiro atoms. The molecule has 6 heteroatoms. The first-order chi connectivity index (χ1) is 9.36. The van der Waals surface area contributed by atoms with Gasteiger partial charge in [-0.2, -0.15) is 0 Å². The van der Waals surface area contributed by atoms with Crippen LogP contribution in [0, 0.1) is 6.92 Å². The first-order valence-corrected chi connectivity index (χ1v) is 7.25. The van der Waals surface area contributed by atoms with Gasteiger partial charge in [0.05, 0.1) is 11.4 Å². The van der Waals surface area contributed by atoms with Gasteiger partial charge in [0.1, 0.15) is 0 Å². The molecule has 0 aliphatic carbocycles.